The van der Waals surface area contributed by atoms with Gasteiger partial charge in [-0.3, -0.25) is 4.79 Å². The van der Waals surface area contributed by atoms with Crippen LogP contribution in [0.4, 0.5) is 0 Å². The molecule has 1 aliphatic rings. The maximum Gasteiger partial charge on any atom is 0.270 e. The molecule has 0 saturated heterocycles. The van der Waals surface area contributed by atoms with E-state index in [1.807, 2.05) is 19.1 Å². The third kappa shape index (κ3) is 5.75. The second-order valence-electron chi connectivity index (χ2n) is 7.45. The third-order valence-electron chi connectivity index (χ3n) is 5.24. The number of nitrogens with one attached hydrogen (secondary N) is 1. The molecule has 0 fully saturated rings. The van der Waals surface area contributed by atoms with Crippen molar-refractivity contribution in [3.05, 3.63) is 57.6 Å². The number of fused-ring (bicyclic) bond motifs is 1. The fraction of sp³-hybridized carbons (Fsp3) is 0.500. The van der Waals surface area contributed by atoms with Gasteiger partial charge in [0.25, 0.3) is 5.91 Å². The topological polar surface area (TPSA) is 84.3 Å². The fourth-order valence-corrected chi connectivity index (χ4v) is 3.67. The first-order valence-electron chi connectivity index (χ1n) is 10.2. The molecule has 1 amide bonds. The number of amides is 1. The van der Waals surface area contributed by atoms with Gasteiger partial charge in [0.1, 0.15) is 10.8 Å². The fourth-order valence-electron chi connectivity index (χ4n) is 3.55. The summed E-state index contributed by atoms with van der Waals surface area (Å²) >= 11 is 5.90. The molecule has 0 unspecified atom stereocenters. The summed E-state index contributed by atoms with van der Waals surface area (Å²) in [7, 11) is 0. The van der Waals surface area contributed by atoms with Gasteiger partial charge in [0.15, 0.2) is 0 Å². The average Bonchev–Trinajstić information content (AvgIpc) is 2.73. The maximum atomic E-state index is 12.8. The lowest BCUT2D eigenvalue weighted by atomic mass is 9.89. The summed E-state index contributed by atoms with van der Waals surface area (Å²) in [5.41, 5.74) is 4.78. The van der Waals surface area contributed by atoms with Crippen LogP contribution in [0.25, 0.3) is 0 Å². The number of pyridine rings is 2. The molecule has 0 spiro atoms. The lowest BCUT2D eigenvalue weighted by Crippen LogP contribution is -2.43. The Bertz CT molecular complexity index is 842. The molecule has 2 N–H and O–H groups in total. The van der Waals surface area contributed by atoms with Gasteiger partial charge in [0.05, 0.1) is 18.8 Å². The summed E-state index contributed by atoms with van der Waals surface area (Å²) in [4.78, 5) is 21.6. The molecule has 2 heterocycles. The lowest BCUT2D eigenvalue weighted by Gasteiger charge is -2.22. The zero-order valence-corrected chi connectivity index (χ0v) is 17.7. The first-order chi connectivity index (χ1) is 14.0. The van der Waals surface area contributed by atoms with Crippen molar-refractivity contribution in [2.75, 3.05) is 13.2 Å². The molecule has 29 heavy (non-hydrogen) atoms. The molecule has 0 aliphatic heterocycles. The summed E-state index contributed by atoms with van der Waals surface area (Å²) in [6, 6.07) is 5.17. The highest BCUT2D eigenvalue weighted by Gasteiger charge is 2.22. The SMILES string of the molecule is CCOC[C@H](O)[C@H](C)NC(=O)c1cc(Cc2ccc(Cl)nc2)c2c(n1)CCCC2. The van der Waals surface area contributed by atoms with Crippen LogP contribution in [0.15, 0.2) is 24.4 Å². The van der Waals surface area contributed by atoms with Crippen molar-refractivity contribution in [1.82, 2.24) is 15.3 Å². The number of carbonyl (C=O) groups excluding carboxylic acids is 1. The monoisotopic (exact) mass is 417 g/mol. The Balaban J connectivity index is 1.81. The number of rotatable bonds is 8. The number of halogens is 1. The van der Waals surface area contributed by atoms with Gasteiger partial charge in [0.2, 0.25) is 0 Å². The van der Waals surface area contributed by atoms with E-state index in [2.05, 4.69) is 15.3 Å². The summed E-state index contributed by atoms with van der Waals surface area (Å²) < 4.78 is 5.24. The molecule has 0 bridgehead atoms. The zero-order valence-electron chi connectivity index (χ0n) is 16.9. The van der Waals surface area contributed by atoms with Crippen molar-refractivity contribution in [2.45, 2.75) is 58.1 Å². The molecule has 156 valence electrons. The Hall–Kier alpha value is -2.02. The third-order valence-corrected chi connectivity index (χ3v) is 5.46. The predicted octanol–water partition coefficient (Wildman–Crippen LogP) is 3.12. The van der Waals surface area contributed by atoms with E-state index < -0.39 is 12.1 Å². The highest BCUT2D eigenvalue weighted by Crippen LogP contribution is 2.26. The number of aliphatic hydroxyl groups excluding tert-OH is 1. The molecular weight excluding hydrogens is 390 g/mol. The van der Waals surface area contributed by atoms with Gasteiger partial charge in [-0.1, -0.05) is 17.7 Å². The molecule has 0 aromatic carbocycles. The van der Waals surface area contributed by atoms with E-state index in [0.29, 0.717) is 23.9 Å². The van der Waals surface area contributed by atoms with Crippen LogP contribution in [0.5, 0.6) is 0 Å². The van der Waals surface area contributed by atoms with Gasteiger partial charge in [-0.05, 0) is 74.8 Å². The molecule has 2 atom stereocenters. The number of aliphatic hydroxyl groups is 1. The predicted molar refractivity (Wildman–Crippen MR) is 112 cm³/mol. The molecule has 7 heteroatoms. The van der Waals surface area contributed by atoms with Crippen molar-refractivity contribution in [3.63, 3.8) is 0 Å². The number of carbonyl (C=O) groups is 1. The van der Waals surface area contributed by atoms with E-state index in [9.17, 15) is 9.90 Å². The molecule has 1 aliphatic carbocycles. The Kier molecular flexibility index (Phi) is 7.58. The standard InChI is InChI=1S/C22H28ClN3O3/c1-3-29-13-20(27)14(2)25-22(28)19-11-16(10-15-8-9-21(23)24-12-15)17-6-4-5-7-18(17)26-19/h8-9,11-12,14,20,27H,3-7,10,13H2,1-2H3,(H,25,28)/t14-,20-/m0/s1. The minimum Gasteiger partial charge on any atom is -0.389 e. The van der Waals surface area contributed by atoms with Gasteiger partial charge in [-0.15, -0.1) is 0 Å². The Labute approximate surface area is 176 Å². The summed E-state index contributed by atoms with van der Waals surface area (Å²) in [6.45, 7) is 4.34. The number of ether oxygens (including phenoxy) is 1. The van der Waals surface area contributed by atoms with Crippen molar-refractivity contribution in [1.29, 1.82) is 0 Å². The quantitative estimate of drug-likeness (QED) is 0.644. The van der Waals surface area contributed by atoms with Crippen LogP contribution < -0.4 is 5.32 Å². The van der Waals surface area contributed by atoms with Crippen LogP contribution in [-0.4, -0.2) is 46.3 Å². The molecule has 6 nitrogen and oxygen atoms in total. The lowest BCUT2D eigenvalue weighted by molar-refractivity contribution is 0.0242. The van der Waals surface area contributed by atoms with E-state index in [1.54, 1.807) is 19.2 Å². The van der Waals surface area contributed by atoms with Crippen LogP contribution in [-0.2, 0) is 24.0 Å². The minimum atomic E-state index is -0.767. The molecule has 0 saturated carbocycles. The van der Waals surface area contributed by atoms with Gasteiger partial charge in [-0.25, -0.2) is 9.97 Å². The van der Waals surface area contributed by atoms with E-state index in [1.165, 1.54) is 5.56 Å². The first-order valence-corrected chi connectivity index (χ1v) is 10.5. The van der Waals surface area contributed by atoms with E-state index in [0.717, 1.165) is 42.5 Å². The number of nitrogens with zero attached hydrogens (tertiary/aromatic N) is 2. The molecule has 2 aromatic rings. The Morgan fingerprint density at radius 1 is 1.34 bits per heavy atom. The van der Waals surface area contributed by atoms with E-state index in [4.69, 9.17) is 16.3 Å². The van der Waals surface area contributed by atoms with E-state index in [-0.39, 0.29) is 12.5 Å². The average molecular weight is 418 g/mol. The molecule has 0 radical (unpaired) electrons. The summed E-state index contributed by atoms with van der Waals surface area (Å²) in [6.07, 6.45) is 5.75. The van der Waals surface area contributed by atoms with Crippen molar-refractivity contribution in [2.24, 2.45) is 0 Å². The molecular formula is C22H28ClN3O3. The van der Waals surface area contributed by atoms with Gasteiger partial charge in [-0.2, -0.15) is 0 Å². The normalized spacial score (nSPS) is 15.4. The number of aryl methyl sites for hydroxylation is 1. The Morgan fingerprint density at radius 3 is 2.86 bits per heavy atom. The number of hydrogen-bond acceptors (Lipinski definition) is 5. The van der Waals surface area contributed by atoms with Gasteiger partial charge >= 0.3 is 0 Å². The van der Waals surface area contributed by atoms with Crippen LogP contribution in [0.1, 0.15) is 59.6 Å². The van der Waals surface area contributed by atoms with Gasteiger partial charge < -0.3 is 15.2 Å². The van der Waals surface area contributed by atoms with Crippen LogP contribution in [0.2, 0.25) is 5.15 Å². The zero-order chi connectivity index (χ0) is 20.8. The number of hydrogen-bond donors (Lipinski definition) is 2. The number of aromatic nitrogens is 2. The Morgan fingerprint density at radius 2 is 2.14 bits per heavy atom. The van der Waals surface area contributed by atoms with Crippen LogP contribution in [0.3, 0.4) is 0 Å². The molecule has 3 rings (SSSR count). The van der Waals surface area contributed by atoms with Crippen LogP contribution in [0, 0.1) is 0 Å². The largest absolute Gasteiger partial charge is 0.389 e. The van der Waals surface area contributed by atoms with Crippen LogP contribution >= 0.6 is 11.6 Å². The van der Waals surface area contributed by atoms with Crippen molar-refractivity contribution < 1.29 is 14.6 Å². The summed E-state index contributed by atoms with van der Waals surface area (Å²) in [5, 5.41) is 13.4. The first kappa shape index (κ1) is 21.7. The van der Waals surface area contributed by atoms with Gasteiger partial charge in [0, 0.05) is 18.5 Å². The van der Waals surface area contributed by atoms with E-state index >= 15 is 0 Å². The smallest absolute Gasteiger partial charge is 0.270 e. The summed E-state index contributed by atoms with van der Waals surface area (Å²) in [5.74, 6) is -0.281. The second-order valence-corrected chi connectivity index (χ2v) is 7.84. The van der Waals surface area contributed by atoms with Crippen molar-refractivity contribution in [3.8, 4) is 0 Å². The highest BCUT2D eigenvalue weighted by atomic mass is 35.5. The minimum absolute atomic E-state index is 0.185. The van der Waals surface area contributed by atoms with Crippen molar-refractivity contribution >= 4 is 17.5 Å². The highest BCUT2D eigenvalue weighted by molar-refractivity contribution is 6.29. The maximum absolute atomic E-state index is 12.8. The second kappa shape index (κ2) is 10.1. The molecule has 2 aromatic heterocycles.